The highest BCUT2D eigenvalue weighted by Gasteiger charge is 2.15. The number of nitrogens with one attached hydrogen (secondary N) is 1. The van der Waals surface area contributed by atoms with Gasteiger partial charge in [-0.2, -0.15) is 0 Å². The lowest BCUT2D eigenvalue weighted by Crippen LogP contribution is -2.23. The average Bonchev–Trinajstić information content (AvgIpc) is 2.64. The van der Waals surface area contributed by atoms with E-state index in [0.29, 0.717) is 11.8 Å². The van der Waals surface area contributed by atoms with Crippen LogP contribution in [0.25, 0.3) is 0 Å². The molecular weight excluding hydrogens is 174 g/mol. The predicted molar refractivity (Wildman–Crippen MR) is 57.6 cm³/mol. The summed E-state index contributed by atoms with van der Waals surface area (Å²) < 4.78 is 0. The van der Waals surface area contributed by atoms with E-state index in [0.717, 1.165) is 18.5 Å². The second-order valence-corrected chi connectivity index (χ2v) is 4.13. The summed E-state index contributed by atoms with van der Waals surface area (Å²) in [5, 5.41) is 13.1. The molecule has 2 N–H and O–H groups in total. The van der Waals surface area contributed by atoms with Gasteiger partial charge in [0.05, 0.1) is 0 Å². The molecule has 76 valence electrons. The van der Waals surface area contributed by atoms with E-state index in [-0.39, 0.29) is 0 Å². The fourth-order valence-electron chi connectivity index (χ4n) is 2.07. The molecule has 1 unspecified atom stereocenters. The quantitative estimate of drug-likeness (QED) is 0.749. The first kappa shape index (κ1) is 9.53. The number of aromatic hydroxyl groups is 1. The lowest BCUT2D eigenvalue weighted by atomic mass is 10.0. The third-order valence-corrected chi connectivity index (χ3v) is 2.86. The molecule has 1 aromatic carbocycles. The van der Waals surface area contributed by atoms with Crippen LogP contribution in [0.15, 0.2) is 18.2 Å². The Balaban J connectivity index is 2.10. The molecule has 1 atom stereocenters. The van der Waals surface area contributed by atoms with Crippen LogP contribution in [0.2, 0.25) is 0 Å². The van der Waals surface area contributed by atoms with Crippen molar-refractivity contribution in [3.63, 3.8) is 0 Å². The molecule has 1 fully saturated rings. The highest BCUT2D eigenvalue weighted by Crippen LogP contribution is 2.21. The number of hydrogen-bond acceptors (Lipinski definition) is 2. The summed E-state index contributed by atoms with van der Waals surface area (Å²) in [6, 6.07) is 6.37. The summed E-state index contributed by atoms with van der Waals surface area (Å²) in [6.45, 7) is 3.18. The zero-order valence-corrected chi connectivity index (χ0v) is 8.59. The molecule has 0 aliphatic carbocycles. The molecule has 0 aromatic heterocycles. The van der Waals surface area contributed by atoms with Crippen molar-refractivity contribution in [2.45, 2.75) is 32.2 Å². The Hall–Kier alpha value is -1.02. The van der Waals surface area contributed by atoms with Crippen molar-refractivity contribution in [2.75, 3.05) is 6.54 Å². The molecule has 0 bridgehead atoms. The van der Waals surface area contributed by atoms with Crippen molar-refractivity contribution in [3.8, 4) is 5.75 Å². The second-order valence-electron chi connectivity index (χ2n) is 4.13. The van der Waals surface area contributed by atoms with Crippen LogP contribution in [-0.2, 0) is 6.42 Å². The molecular formula is C12H17NO. The van der Waals surface area contributed by atoms with Crippen LogP contribution in [0, 0.1) is 6.92 Å². The van der Waals surface area contributed by atoms with Crippen molar-refractivity contribution >= 4 is 0 Å². The third-order valence-electron chi connectivity index (χ3n) is 2.86. The van der Waals surface area contributed by atoms with E-state index in [1.54, 1.807) is 6.07 Å². The molecule has 0 radical (unpaired) electrons. The van der Waals surface area contributed by atoms with Gasteiger partial charge >= 0.3 is 0 Å². The van der Waals surface area contributed by atoms with Crippen LogP contribution in [0.4, 0.5) is 0 Å². The van der Waals surface area contributed by atoms with Crippen molar-refractivity contribution in [1.29, 1.82) is 0 Å². The second kappa shape index (κ2) is 4.01. The average molecular weight is 191 g/mol. The van der Waals surface area contributed by atoms with Gasteiger partial charge in [-0.05, 0) is 44.4 Å². The molecule has 1 aliphatic rings. The summed E-state index contributed by atoms with van der Waals surface area (Å²) >= 11 is 0. The number of benzene rings is 1. The largest absolute Gasteiger partial charge is 0.508 e. The molecule has 2 nitrogen and oxygen atoms in total. The molecule has 0 amide bonds. The van der Waals surface area contributed by atoms with Crippen molar-refractivity contribution in [3.05, 3.63) is 29.3 Å². The fraction of sp³-hybridized carbons (Fsp3) is 0.500. The molecule has 1 heterocycles. The van der Waals surface area contributed by atoms with E-state index in [4.69, 9.17) is 0 Å². The first-order chi connectivity index (χ1) is 6.75. The van der Waals surface area contributed by atoms with Gasteiger partial charge in [0.1, 0.15) is 5.75 Å². The number of hydrogen-bond donors (Lipinski definition) is 2. The molecule has 2 rings (SSSR count). The maximum atomic E-state index is 9.67. The van der Waals surface area contributed by atoms with Gasteiger partial charge in [-0.1, -0.05) is 17.7 Å². The highest BCUT2D eigenvalue weighted by atomic mass is 16.3. The Morgan fingerprint density at radius 3 is 3.07 bits per heavy atom. The predicted octanol–water partition coefficient (Wildman–Crippen LogP) is 2.00. The SMILES string of the molecule is Cc1ccc(O)c(CC2CCCN2)c1. The Labute approximate surface area is 85.0 Å². The van der Waals surface area contributed by atoms with Gasteiger partial charge in [-0.3, -0.25) is 0 Å². The smallest absolute Gasteiger partial charge is 0.118 e. The van der Waals surface area contributed by atoms with Crippen LogP contribution in [-0.4, -0.2) is 17.7 Å². The minimum atomic E-state index is 0.435. The zero-order valence-electron chi connectivity index (χ0n) is 8.59. The van der Waals surface area contributed by atoms with Crippen molar-refractivity contribution < 1.29 is 5.11 Å². The first-order valence-electron chi connectivity index (χ1n) is 5.27. The summed E-state index contributed by atoms with van der Waals surface area (Å²) in [7, 11) is 0. The van der Waals surface area contributed by atoms with Crippen molar-refractivity contribution in [2.24, 2.45) is 0 Å². The van der Waals surface area contributed by atoms with E-state index >= 15 is 0 Å². The van der Waals surface area contributed by atoms with Gasteiger partial charge < -0.3 is 10.4 Å². The normalized spacial score (nSPS) is 21.4. The molecule has 2 heteroatoms. The molecule has 14 heavy (non-hydrogen) atoms. The molecule has 0 saturated carbocycles. The van der Waals surface area contributed by atoms with E-state index in [2.05, 4.69) is 18.3 Å². The Bertz CT molecular complexity index is 316. The number of phenolic OH excluding ortho intramolecular Hbond substituents is 1. The minimum Gasteiger partial charge on any atom is -0.508 e. The summed E-state index contributed by atoms with van der Waals surface area (Å²) in [6.07, 6.45) is 3.44. The van der Waals surface area contributed by atoms with Crippen LogP contribution >= 0.6 is 0 Å². The maximum absolute atomic E-state index is 9.67. The van der Waals surface area contributed by atoms with E-state index in [1.165, 1.54) is 18.4 Å². The zero-order chi connectivity index (χ0) is 9.97. The minimum absolute atomic E-state index is 0.435. The first-order valence-corrected chi connectivity index (χ1v) is 5.27. The molecule has 1 saturated heterocycles. The van der Waals surface area contributed by atoms with Gasteiger partial charge in [0, 0.05) is 6.04 Å². The maximum Gasteiger partial charge on any atom is 0.118 e. The van der Waals surface area contributed by atoms with Crippen LogP contribution in [0.3, 0.4) is 0 Å². The standard InChI is InChI=1S/C12H17NO/c1-9-4-5-12(14)10(7-9)8-11-3-2-6-13-11/h4-5,7,11,13-14H,2-3,6,8H2,1H3. The van der Waals surface area contributed by atoms with Crippen LogP contribution in [0.1, 0.15) is 24.0 Å². The highest BCUT2D eigenvalue weighted by molar-refractivity contribution is 5.36. The lowest BCUT2D eigenvalue weighted by Gasteiger charge is -2.11. The third kappa shape index (κ3) is 2.07. The van der Waals surface area contributed by atoms with Gasteiger partial charge in [-0.25, -0.2) is 0 Å². The number of rotatable bonds is 2. The monoisotopic (exact) mass is 191 g/mol. The Kier molecular flexibility index (Phi) is 2.73. The van der Waals surface area contributed by atoms with Crippen LogP contribution < -0.4 is 5.32 Å². The van der Waals surface area contributed by atoms with Crippen molar-refractivity contribution in [1.82, 2.24) is 5.32 Å². The van der Waals surface area contributed by atoms with Gasteiger partial charge in [0.2, 0.25) is 0 Å². The number of aryl methyl sites for hydroxylation is 1. The van der Waals surface area contributed by atoms with E-state index < -0.39 is 0 Å². The van der Waals surface area contributed by atoms with Gasteiger partial charge in [0.25, 0.3) is 0 Å². The van der Waals surface area contributed by atoms with E-state index in [9.17, 15) is 5.11 Å². The Morgan fingerprint density at radius 2 is 2.36 bits per heavy atom. The summed E-state index contributed by atoms with van der Waals surface area (Å²) in [5.41, 5.74) is 2.29. The van der Waals surface area contributed by atoms with E-state index in [1.807, 2.05) is 6.07 Å². The number of phenols is 1. The molecule has 0 spiro atoms. The van der Waals surface area contributed by atoms with Crippen LogP contribution in [0.5, 0.6) is 5.75 Å². The van der Waals surface area contributed by atoms with Gasteiger partial charge in [-0.15, -0.1) is 0 Å². The lowest BCUT2D eigenvalue weighted by molar-refractivity contribution is 0.462. The summed E-state index contributed by atoms with van der Waals surface area (Å²) in [4.78, 5) is 0. The summed E-state index contributed by atoms with van der Waals surface area (Å²) in [5.74, 6) is 0.435. The van der Waals surface area contributed by atoms with Gasteiger partial charge in [0.15, 0.2) is 0 Å². The fourth-order valence-corrected chi connectivity index (χ4v) is 2.07. The molecule has 1 aromatic rings. The molecule has 1 aliphatic heterocycles. The topological polar surface area (TPSA) is 32.3 Å². The Morgan fingerprint density at radius 1 is 1.50 bits per heavy atom.